The van der Waals surface area contributed by atoms with Crippen LogP contribution in [0, 0.1) is 13.8 Å². The topological polar surface area (TPSA) is 101 Å². The minimum absolute atomic E-state index is 0.216. The molecule has 0 unspecified atom stereocenters. The molecule has 5 heteroatoms. The summed E-state index contributed by atoms with van der Waals surface area (Å²) in [5.74, 6) is 1.78. The molecule has 0 fully saturated rings. The van der Waals surface area contributed by atoms with E-state index in [2.05, 4.69) is 55.4 Å². The Balaban J connectivity index is 0.000000704. The SMILES string of the molecule is CCC(C)(C)c1ccc(O)cc1.CCCCCC.CCCCCc1ccc(O)cc1.CCCCc1ccc(O)cc1.CCCc1ccc(O)cc1.Cc1cccc(O)c1C. The van der Waals surface area contributed by atoms with E-state index in [4.69, 9.17) is 25.5 Å². The highest BCUT2D eigenvalue weighted by molar-refractivity contribution is 5.37. The number of phenols is 5. The Morgan fingerprint density at radius 2 is 0.733 bits per heavy atom. The molecule has 0 heterocycles. The summed E-state index contributed by atoms with van der Waals surface area (Å²) >= 11 is 0. The molecule has 5 aromatic rings. The Morgan fingerprint density at radius 1 is 0.383 bits per heavy atom. The van der Waals surface area contributed by atoms with Crippen molar-refractivity contribution < 1.29 is 25.5 Å². The number of aryl methyl sites for hydroxylation is 4. The zero-order valence-corrected chi connectivity index (χ0v) is 39.1. The summed E-state index contributed by atoms with van der Waals surface area (Å²) in [5, 5.41) is 45.1. The second-order valence-electron chi connectivity index (χ2n) is 16.0. The third-order valence-corrected chi connectivity index (χ3v) is 10.3. The van der Waals surface area contributed by atoms with E-state index in [-0.39, 0.29) is 5.41 Å². The van der Waals surface area contributed by atoms with Crippen molar-refractivity contribution in [2.24, 2.45) is 0 Å². The first-order valence-corrected chi connectivity index (χ1v) is 22.6. The van der Waals surface area contributed by atoms with Gasteiger partial charge in [0.1, 0.15) is 28.7 Å². The van der Waals surface area contributed by atoms with E-state index in [0.717, 1.165) is 43.2 Å². The van der Waals surface area contributed by atoms with Gasteiger partial charge in [-0.25, -0.2) is 0 Å². The lowest BCUT2D eigenvalue weighted by atomic mass is 9.82. The van der Waals surface area contributed by atoms with Crippen LogP contribution in [0.3, 0.4) is 0 Å². The van der Waals surface area contributed by atoms with Crippen LogP contribution in [0.1, 0.15) is 159 Å². The average Bonchev–Trinajstić information content (AvgIpc) is 3.25. The molecule has 0 aliphatic rings. The second kappa shape index (κ2) is 33.9. The van der Waals surface area contributed by atoms with Gasteiger partial charge in [0.2, 0.25) is 0 Å². The van der Waals surface area contributed by atoms with Crippen molar-refractivity contribution in [3.8, 4) is 28.7 Å². The maximum absolute atomic E-state index is 9.10. The molecular formula is C55H82O5. The van der Waals surface area contributed by atoms with Crippen molar-refractivity contribution in [1.82, 2.24) is 0 Å². The summed E-state index contributed by atoms with van der Waals surface area (Å²) in [6, 6.07) is 35.3. The van der Waals surface area contributed by atoms with Gasteiger partial charge in [0.25, 0.3) is 0 Å². The number of aromatic hydroxyl groups is 5. The largest absolute Gasteiger partial charge is 0.508 e. The Kier molecular flexibility index (Phi) is 31.1. The van der Waals surface area contributed by atoms with Gasteiger partial charge in [-0.3, -0.25) is 0 Å². The van der Waals surface area contributed by atoms with E-state index in [1.807, 2.05) is 74.5 Å². The number of hydrogen-bond acceptors (Lipinski definition) is 5. The maximum Gasteiger partial charge on any atom is 0.118 e. The summed E-state index contributed by atoms with van der Waals surface area (Å²) in [6.45, 7) is 21.5. The van der Waals surface area contributed by atoms with Crippen LogP contribution in [0.15, 0.2) is 115 Å². The highest BCUT2D eigenvalue weighted by Gasteiger charge is 2.17. The van der Waals surface area contributed by atoms with Gasteiger partial charge in [0, 0.05) is 0 Å². The molecule has 0 spiro atoms. The number of benzene rings is 5. The second-order valence-corrected chi connectivity index (χ2v) is 16.0. The van der Waals surface area contributed by atoms with Crippen molar-refractivity contribution in [3.63, 3.8) is 0 Å². The van der Waals surface area contributed by atoms with E-state index >= 15 is 0 Å². The Hall–Kier alpha value is -4.90. The molecular weight excluding hydrogens is 741 g/mol. The van der Waals surface area contributed by atoms with Crippen LogP contribution in [-0.4, -0.2) is 25.5 Å². The van der Waals surface area contributed by atoms with Crippen LogP contribution in [0.2, 0.25) is 0 Å². The van der Waals surface area contributed by atoms with Crippen LogP contribution in [0.25, 0.3) is 0 Å². The summed E-state index contributed by atoms with van der Waals surface area (Å²) in [7, 11) is 0. The first kappa shape index (κ1) is 55.1. The molecule has 5 aromatic carbocycles. The summed E-state index contributed by atoms with van der Waals surface area (Å²) in [6.07, 6.45) is 17.4. The molecule has 0 radical (unpaired) electrons. The van der Waals surface area contributed by atoms with Crippen molar-refractivity contribution >= 4 is 0 Å². The summed E-state index contributed by atoms with van der Waals surface area (Å²) in [4.78, 5) is 0. The van der Waals surface area contributed by atoms with Gasteiger partial charge in [-0.15, -0.1) is 0 Å². The van der Waals surface area contributed by atoms with E-state index in [0.29, 0.717) is 28.7 Å². The third kappa shape index (κ3) is 27.0. The van der Waals surface area contributed by atoms with Crippen LogP contribution in [-0.2, 0) is 24.7 Å². The molecule has 0 aromatic heterocycles. The van der Waals surface area contributed by atoms with Gasteiger partial charge < -0.3 is 25.5 Å². The first-order chi connectivity index (χ1) is 28.7. The van der Waals surface area contributed by atoms with Gasteiger partial charge in [-0.2, -0.15) is 0 Å². The Bertz CT molecular complexity index is 1700. The van der Waals surface area contributed by atoms with E-state index in [9.17, 15) is 0 Å². The fraction of sp³-hybridized carbons (Fsp3) is 0.455. The molecule has 0 amide bonds. The molecule has 0 bridgehead atoms. The maximum atomic E-state index is 9.10. The number of unbranched alkanes of at least 4 members (excludes halogenated alkanes) is 6. The van der Waals surface area contributed by atoms with Gasteiger partial charge in [-0.05, 0) is 146 Å². The van der Waals surface area contributed by atoms with Crippen molar-refractivity contribution in [2.45, 2.75) is 165 Å². The highest BCUT2D eigenvalue weighted by atomic mass is 16.3. The Labute approximate surface area is 366 Å². The zero-order chi connectivity index (χ0) is 45.2. The molecule has 0 saturated carbocycles. The quantitative estimate of drug-likeness (QED) is 0.0718. The van der Waals surface area contributed by atoms with Gasteiger partial charge in [0.05, 0.1) is 0 Å². The molecule has 5 N–H and O–H groups in total. The van der Waals surface area contributed by atoms with E-state index in [1.165, 1.54) is 80.0 Å². The fourth-order valence-corrected chi connectivity index (χ4v) is 5.59. The summed E-state index contributed by atoms with van der Waals surface area (Å²) < 4.78 is 0. The molecule has 60 heavy (non-hydrogen) atoms. The van der Waals surface area contributed by atoms with Crippen molar-refractivity contribution in [2.75, 3.05) is 0 Å². The fourth-order valence-electron chi connectivity index (χ4n) is 5.59. The van der Waals surface area contributed by atoms with Crippen molar-refractivity contribution in [1.29, 1.82) is 0 Å². The van der Waals surface area contributed by atoms with Gasteiger partial charge in [0.15, 0.2) is 0 Å². The van der Waals surface area contributed by atoms with Crippen LogP contribution in [0.5, 0.6) is 28.7 Å². The normalized spacial score (nSPS) is 10.1. The molecule has 5 rings (SSSR count). The third-order valence-electron chi connectivity index (χ3n) is 10.3. The Morgan fingerprint density at radius 3 is 1.07 bits per heavy atom. The van der Waals surface area contributed by atoms with Crippen molar-refractivity contribution in [3.05, 3.63) is 149 Å². The predicted octanol–water partition coefficient (Wildman–Crippen LogP) is 15.9. The summed E-state index contributed by atoms with van der Waals surface area (Å²) in [5.41, 5.74) is 7.52. The van der Waals surface area contributed by atoms with E-state index < -0.39 is 0 Å². The van der Waals surface area contributed by atoms with Crippen LogP contribution >= 0.6 is 0 Å². The lowest BCUT2D eigenvalue weighted by Crippen LogP contribution is -2.14. The molecule has 0 atom stereocenters. The molecule has 0 saturated heterocycles. The molecule has 0 aliphatic carbocycles. The minimum Gasteiger partial charge on any atom is -0.508 e. The highest BCUT2D eigenvalue weighted by Crippen LogP contribution is 2.27. The molecule has 332 valence electrons. The van der Waals surface area contributed by atoms with Gasteiger partial charge >= 0.3 is 0 Å². The molecule has 5 nitrogen and oxygen atoms in total. The standard InChI is InChI=1S/2C11H16O.C10H14O.C9H12O.C8H10O.C6H14/c1-4-11(2,3)9-5-7-10(12)8-6-9;1-2-3-4-5-10-6-8-11(12)9-7-10;1-2-3-4-9-5-7-10(11)8-6-9;1-2-3-8-4-6-9(10)7-5-8;1-6-4-3-5-8(9)7(6)2;1-3-5-6-4-2/h5-8,12H,4H2,1-3H3;6-9,12H,2-5H2,1H3;5-8,11H,2-4H2,1H3;4-7,10H,2-3H2,1H3;3-5,9H,1-2H3;3-6H2,1-2H3. The van der Waals surface area contributed by atoms with Crippen LogP contribution < -0.4 is 0 Å². The number of hydrogen-bond donors (Lipinski definition) is 5. The predicted molar refractivity (Wildman–Crippen MR) is 259 cm³/mol. The lowest BCUT2D eigenvalue weighted by molar-refractivity contribution is 0.470. The first-order valence-electron chi connectivity index (χ1n) is 22.6. The minimum atomic E-state index is 0.216. The smallest absolute Gasteiger partial charge is 0.118 e. The number of rotatable bonds is 14. The lowest BCUT2D eigenvalue weighted by Gasteiger charge is -2.22. The van der Waals surface area contributed by atoms with Crippen LogP contribution in [0.4, 0.5) is 0 Å². The monoisotopic (exact) mass is 823 g/mol. The average molecular weight is 823 g/mol. The number of phenolic OH excluding ortho intramolecular Hbond substituents is 5. The zero-order valence-electron chi connectivity index (χ0n) is 39.1. The van der Waals surface area contributed by atoms with Gasteiger partial charge in [-0.1, -0.05) is 167 Å². The van der Waals surface area contributed by atoms with E-state index in [1.54, 1.807) is 54.6 Å². The molecule has 0 aliphatic heterocycles.